The van der Waals surface area contributed by atoms with Crippen LogP contribution >= 0.6 is 34.8 Å². The molecule has 0 aliphatic heterocycles. The molecular weight excluding hydrogens is 613 g/mol. The number of rotatable bonds is 10. The average Bonchev–Trinajstić information content (AvgIpc) is 3.41. The van der Waals surface area contributed by atoms with E-state index in [0.29, 0.717) is 27.1 Å². The van der Waals surface area contributed by atoms with Crippen LogP contribution in [0.3, 0.4) is 0 Å². The fourth-order valence-electron chi connectivity index (χ4n) is 3.50. The number of carbonyl (C=O) groups is 2. The number of benzene rings is 2. The molecule has 2 N–H and O–H groups in total. The molecule has 4 aromatic rings. The Labute approximate surface area is 251 Å². The van der Waals surface area contributed by atoms with Crippen molar-refractivity contribution in [1.29, 1.82) is 0 Å². The van der Waals surface area contributed by atoms with Crippen molar-refractivity contribution < 1.29 is 22.4 Å². The molecular formula is C27H22Cl3N5O5S. The summed E-state index contributed by atoms with van der Waals surface area (Å²) >= 11 is 18.1. The van der Waals surface area contributed by atoms with E-state index in [-0.39, 0.29) is 35.3 Å². The van der Waals surface area contributed by atoms with Gasteiger partial charge in [0.2, 0.25) is 10.0 Å². The van der Waals surface area contributed by atoms with Crippen molar-refractivity contribution in [3.05, 3.63) is 117 Å². The molecule has 212 valence electrons. The number of sulfonamides is 1. The molecule has 0 aliphatic rings. The zero-order valence-electron chi connectivity index (χ0n) is 21.1. The maximum atomic E-state index is 13.5. The minimum atomic E-state index is -3.99. The number of nitrogens with zero attached hydrogens (tertiary/aromatic N) is 3. The Bertz CT molecular complexity index is 1660. The molecule has 2 amide bonds. The molecule has 14 heteroatoms. The van der Waals surface area contributed by atoms with Crippen molar-refractivity contribution in [1.82, 2.24) is 20.0 Å². The highest BCUT2D eigenvalue weighted by Gasteiger charge is 2.26. The molecule has 4 rings (SSSR count). The lowest BCUT2D eigenvalue weighted by atomic mass is 10.2. The Morgan fingerprint density at radius 2 is 1.71 bits per heavy atom. The zero-order chi connectivity index (χ0) is 29.4. The van der Waals surface area contributed by atoms with E-state index in [4.69, 9.17) is 39.2 Å². The monoisotopic (exact) mass is 633 g/mol. The number of carbonyl (C=O) groups excluding carboxylic acids is 2. The van der Waals surface area contributed by atoms with E-state index in [9.17, 15) is 18.0 Å². The average molecular weight is 635 g/mol. The van der Waals surface area contributed by atoms with Gasteiger partial charge in [0, 0.05) is 17.8 Å². The summed E-state index contributed by atoms with van der Waals surface area (Å²) in [6, 6.07) is 19.0. The first-order valence-corrected chi connectivity index (χ1v) is 14.5. The molecule has 2 aromatic heterocycles. The molecule has 0 aliphatic carbocycles. The van der Waals surface area contributed by atoms with Gasteiger partial charge in [0.25, 0.3) is 0 Å². The standard InChI is InChI=1S/C27H22Cl3N5O5S/c28-19-5-9-23(10-6-19)41(38,39)35(16-18-4-11-24(29)25(30)13-18)17-22-8-7-21(40-22)15-33-34-27(37)26(36)32-14-20-3-1-2-12-31-20/h1-13,15H,14,16-17H2,(H,32,36)(H,34,37)/b33-15+. The summed E-state index contributed by atoms with van der Waals surface area (Å²) in [5.41, 5.74) is 3.30. The van der Waals surface area contributed by atoms with Crippen LogP contribution in [-0.4, -0.2) is 35.7 Å². The van der Waals surface area contributed by atoms with Gasteiger partial charge in [-0.15, -0.1) is 0 Å². The van der Waals surface area contributed by atoms with Crippen LogP contribution in [0.5, 0.6) is 0 Å². The number of hydrogen-bond donors (Lipinski definition) is 2. The summed E-state index contributed by atoms with van der Waals surface area (Å²) in [6.45, 7) is -0.0903. The van der Waals surface area contributed by atoms with Crippen LogP contribution in [0.15, 0.2) is 93.4 Å². The molecule has 2 heterocycles. The summed E-state index contributed by atoms with van der Waals surface area (Å²) in [4.78, 5) is 28.1. The summed E-state index contributed by atoms with van der Waals surface area (Å²) < 4.78 is 34.0. The number of hydrogen-bond acceptors (Lipinski definition) is 7. The predicted molar refractivity (Wildman–Crippen MR) is 155 cm³/mol. The first kappa shape index (κ1) is 30.2. The van der Waals surface area contributed by atoms with Gasteiger partial charge in [0.05, 0.1) is 39.9 Å². The van der Waals surface area contributed by atoms with Gasteiger partial charge in [-0.2, -0.15) is 9.41 Å². The van der Waals surface area contributed by atoms with E-state index in [1.165, 1.54) is 34.8 Å². The topological polar surface area (TPSA) is 134 Å². The number of halogens is 3. The van der Waals surface area contributed by atoms with Crippen LogP contribution in [0.25, 0.3) is 0 Å². The predicted octanol–water partition coefficient (Wildman–Crippen LogP) is 4.79. The Balaban J connectivity index is 1.43. The lowest BCUT2D eigenvalue weighted by Gasteiger charge is -2.22. The molecule has 0 radical (unpaired) electrons. The van der Waals surface area contributed by atoms with Crippen LogP contribution in [0.1, 0.15) is 22.8 Å². The molecule has 0 saturated heterocycles. The Hall–Kier alpha value is -3.74. The van der Waals surface area contributed by atoms with E-state index in [0.717, 1.165) is 0 Å². The first-order valence-electron chi connectivity index (χ1n) is 11.9. The van der Waals surface area contributed by atoms with Gasteiger partial charge in [0.1, 0.15) is 11.5 Å². The van der Waals surface area contributed by atoms with E-state index in [1.807, 2.05) is 0 Å². The molecule has 10 nitrogen and oxygen atoms in total. The van der Waals surface area contributed by atoms with Gasteiger partial charge in [0.15, 0.2) is 0 Å². The van der Waals surface area contributed by atoms with Crippen molar-refractivity contribution in [2.24, 2.45) is 5.10 Å². The maximum Gasteiger partial charge on any atom is 0.329 e. The molecule has 0 saturated carbocycles. The third-order valence-corrected chi connectivity index (χ3v) is 8.33. The highest BCUT2D eigenvalue weighted by atomic mass is 35.5. The van der Waals surface area contributed by atoms with Crippen molar-refractivity contribution >= 4 is 62.9 Å². The Morgan fingerprint density at radius 3 is 2.41 bits per heavy atom. The van der Waals surface area contributed by atoms with E-state index in [1.54, 1.807) is 54.7 Å². The van der Waals surface area contributed by atoms with E-state index in [2.05, 4.69) is 20.8 Å². The molecule has 0 fully saturated rings. The number of amides is 2. The molecule has 41 heavy (non-hydrogen) atoms. The smallest absolute Gasteiger partial charge is 0.329 e. The molecule has 0 bridgehead atoms. The Morgan fingerprint density at radius 1 is 0.927 bits per heavy atom. The third kappa shape index (κ3) is 8.38. The number of furan rings is 1. The molecule has 0 atom stereocenters. The Kier molecular flexibility index (Phi) is 10.1. The van der Waals surface area contributed by atoms with Gasteiger partial charge >= 0.3 is 11.8 Å². The van der Waals surface area contributed by atoms with E-state index < -0.39 is 21.8 Å². The second kappa shape index (κ2) is 13.7. The minimum Gasteiger partial charge on any atom is -0.459 e. The summed E-state index contributed by atoms with van der Waals surface area (Å²) in [5, 5.41) is 7.20. The van der Waals surface area contributed by atoms with Gasteiger partial charge in [-0.05, 0) is 66.2 Å². The normalized spacial score (nSPS) is 11.6. The molecule has 0 unspecified atom stereocenters. The second-order valence-electron chi connectivity index (χ2n) is 8.48. The number of hydrazone groups is 1. The van der Waals surface area contributed by atoms with Crippen LogP contribution in [-0.2, 0) is 39.2 Å². The van der Waals surface area contributed by atoms with Gasteiger partial charge < -0.3 is 9.73 Å². The fourth-order valence-corrected chi connectivity index (χ4v) is 5.35. The van der Waals surface area contributed by atoms with Crippen LogP contribution in [0.4, 0.5) is 0 Å². The fraction of sp³-hybridized carbons (Fsp3) is 0.111. The largest absolute Gasteiger partial charge is 0.459 e. The minimum absolute atomic E-state index is 0.0321. The van der Waals surface area contributed by atoms with Gasteiger partial charge in [-0.25, -0.2) is 13.8 Å². The first-order chi connectivity index (χ1) is 19.6. The summed E-state index contributed by atoms with van der Waals surface area (Å²) in [7, 11) is -3.99. The van der Waals surface area contributed by atoms with Crippen molar-refractivity contribution in [2.75, 3.05) is 0 Å². The van der Waals surface area contributed by atoms with Crippen molar-refractivity contribution in [3.63, 3.8) is 0 Å². The highest BCUT2D eigenvalue weighted by molar-refractivity contribution is 7.89. The summed E-state index contributed by atoms with van der Waals surface area (Å²) in [6.07, 6.45) is 2.76. The van der Waals surface area contributed by atoms with Crippen LogP contribution in [0.2, 0.25) is 15.1 Å². The zero-order valence-corrected chi connectivity index (χ0v) is 24.2. The van der Waals surface area contributed by atoms with Crippen molar-refractivity contribution in [2.45, 2.75) is 24.5 Å². The van der Waals surface area contributed by atoms with Gasteiger partial charge in [-0.1, -0.05) is 46.9 Å². The van der Waals surface area contributed by atoms with E-state index >= 15 is 0 Å². The second-order valence-corrected chi connectivity index (χ2v) is 11.7. The van der Waals surface area contributed by atoms with Crippen molar-refractivity contribution in [3.8, 4) is 0 Å². The quantitative estimate of drug-likeness (QED) is 0.146. The maximum absolute atomic E-state index is 13.5. The number of aromatic nitrogens is 1. The van der Waals surface area contributed by atoms with Gasteiger partial charge in [-0.3, -0.25) is 14.6 Å². The SMILES string of the molecule is O=C(NCc1ccccn1)C(=O)N/N=C/c1ccc(CN(Cc2ccc(Cl)c(Cl)c2)S(=O)(=O)c2ccc(Cl)cc2)o1. The third-order valence-electron chi connectivity index (χ3n) is 5.53. The lowest BCUT2D eigenvalue weighted by molar-refractivity contribution is -0.139. The highest BCUT2D eigenvalue weighted by Crippen LogP contribution is 2.27. The summed E-state index contributed by atoms with van der Waals surface area (Å²) in [5.74, 6) is -1.36. The number of nitrogens with one attached hydrogen (secondary N) is 2. The lowest BCUT2D eigenvalue weighted by Crippen LogP contribution is -2.37. The molecule has 2 aromatic carbocycles. The molecule has 0 spiro atoms. The van der Waals surface area contributed by atoms with Crippen LogP contribution < -0.4 is 10.7 Å². The van der Waals surface area contributed by atoms with Crippen LogP contribution in [0, 0.1) is 0 Å². The number of pyridine rings is 1.